The van der Waals surface area contributed by atoms with Gasteiger partial charge < -0.3 is 5.32 Å². The predicted octanol–water partition coefficient (Wildman–Crippen LogP) is 0.747. The first-order chi connectivity index (χ1) is 8.65. The Bertz CT molecular complexity index is 593. The number of rotatable bonds is 4. The second kappa shape index (κ2) is 4.12. The molecule has 1 amide bonds. The molecule has 3 rings (SSSR count). The number of hydrogen-bond acceptors (Lipinski definition) is 3. The van der Waals surface area contributed by atoms with Crippen LogP contribution in [0, 0.1) is 6.92 Å². The summed E-state index contributed by atoms with van der Waals surface area (Å²) >= 11 is 0. The topological polar surface area (TPSA) is 64.7 Å². The van der Waals surface area contributed by atoms with E-state index in [0.717, 1.165) is 29.6 Å². The molecule has 0 aromatic carbocycles. The average molecular weight is 247 g/mol. The molecule has 1 fully saturated rings. The minimum Gasteiger partial charge on any atom is -0.353 e. The van der Waals surface area contributed by atoms with Gasteiger partial charge in [-0.2, -0.15) is 10.2 Å². The monoisotopic (exact) mass is 247 g/mol. The normalized spacial score (nSPS) is 15.2. The highest BCUT2D eigenvalue weighted by Gasteiger charge is 2.23. The zero-order valence-corrected chi connectivity index (χ0v) is 10.7. The molecule has 0 spiro atoms. The standard InChI is InChI=1S/C12H17N5O/c1-8-12-10(16(2)15-8)7-13-17(12)6-5-11(18)14-9-3-4-9/h7,9H,3-6H2,1-2H3,(H,14,18). The van der Waals surface area contributed by atoms with Gasteiger partial charge in [-0.25, -0.2) is 0 Å². The van der Waals surface area contributed by atoms with Gasteiger partial charge in [-0.3, -0.25) is 14.2 Å². The summed E-state index contributed by atoms with van der Waals surface area (Å²) in [6, 6.07) is 0.426. The summed E-state index contributed by atoms with van der Waals surface area (Å²) in [6.07, 6.45) is 4.52. The van der Waals surface area contributed by atoms with E-state index in [1.54, 1.807) is 6.20 Å². The summed E-state index contributed by atoms with van der Waals surface area (Å²) < 4.78 is 3.68. The van der Waals surface area contributed by atoms with Crippen molar-refractivity contribution in [2.75, 3.05) is 0 Å². The molecule has 0 radical (unpaired) electrons. The number of nitrogens with one attached hydrogen (secondary N) is 1. The van der Waals surface area contributed by atoms with Gasteiger partial charge in [0.15, 0.2) is 0 Å². The molecule has 1 N–H and O–H groups in total. The van der Waals surface area contributed by atoms with Crippen LogP contribution in [0.2, 0.25) is 0 Å². The molecule has 0 aliphatic heterocycles. The Morgan fingerprint density at radius 3 is 3.06 bits per heavy atom. The van der Waals surface area contributed by atoms with Crippen LogP contribution in [0.5, 0.6) is 0 Å². The fraction of sp³-hybridized carbons (Fsp3) is 0.583. The lowest BCUT2D eigenvalue weighted by Gasteiger charge is -2.04. The molecule has 96 valence electrons. The van der Waals surface area contributed by atoms with E-state index in [-0.39, 0.29) is 5.91 Å². The highest BCUT2D eigenvalue weighted by atomic mass is 16.1. The highest BCUT2D eigenvalue weighted by Crippen LogP contribution is 2.19. The van der Waals surface area contributed by atoms with E-state index >= 15 is 0 Å². The van der Waals surface area contributed by atoms with Gasteiger partial charge in [0, 0.05) is 19.5 Å². The lowest BCUT2D eigenvalue weighted by Crippen LogP contribution is -2.26. The third-order valence-corrected chi connectivity index (χ3v) is 3.30. The van der Waals surface area contributed by atoms with Gasteiger partial charge in [0.25, 0.3) is 0 Å². The maximum Gasteiger partial charge on any atom is 0.222 e. The van der Waals surface area contributed by atoms with Crippen molar-refractivity contribution in [2.24, 2.45) is 7.05 Å². The minimum absolute atomic E-state index is 0.114. The van der Waals surface area contributed by atoms with Gasteiger partial charge in [-0.05, 0) is 19.8 Å². The fourth-order valence-corrected chi connectivity index (χ4v) is 2.22. The molecule has 1 saturated carbocycles. The Hall–Kier alpha value is -1.85. The lowest BCUT2D eigenvalue weighted by atomic mass is 10.3. The van der Waals surface area contributed by atoms with Gasteiger partial charge >= 0.3 is 0 Å². The number of carbonyl (C=O) groups is 1. The molecule has 6 nitrogen and oxygen atoms in total. The molecule has 6 heteroatoms. The second-order valence-electron chi connectivity index (χ2n) is 4.90. The van der Waals surface area contributed by atoms with E-state index < -0.39 is 0 Å². The molecule has 0 bridgehead atoms. The van der Waals surface area contributed by atoms with Crippen molar-refractivity contribution in [3.8, 4) is 0 Å². The first-order valence-corrected chi connectivity index (χ1v) is 6.29. The number of amides is 1. The summed E-state index contributed by atoms with van der Waals surface area (Å²) in [5, 5.41) is 11.7. The fourth-order valence-electron chi connectivity index (χ4n) is 2.22. The van der Waals surface area contributed by atoms with E-state index in [2.05, 4.69) is 15.5 Å². The maximum atomic E-state index is 11.6. The summed E-state index contributed by atoms with van der Waals surface area (Å²) in [5.74, 6) is 0.114. The summed E-state index contributed by atoms with van der Waals surface area (Å²) in [7, 11) is 1.90. The summed E-state index contributed by atoms with van der Waals surface area (Å²) in [6.45, 7) is 2.57. The number of aromatic nitrogens is 4. The number of nitrogens with zero attached hydrogens (tertiary/aromatic N) is 4. The van der Waals surface area contributed by atoms with Crippen molar-refractivity contribution in [1.29, 1.82) is 0 Å². The lowest BCUT2D eigenvalue weighted by molar-refractivity contribution is -0.121. The maximum absolute atomic E-state index is 11.6. The van der Waals surface area contributed by atoms with Crippen LogP contribution in [0.25, 0.3) is 11.0 Å². The van der Waals surface area contributed by atoms with Crippen LogP contribution >= 0.6 is 0 Å². The number of carbonyl (C=O) groups excluding carboxylic acids is 1. The van der Waals surface area contributed by atoms with E-state index in [9.17, 15) is 4.79 Å². The van der Waals surface area contributed by atoms with E-state index in [0.29, 0.717) is 19.0 Å². The molecule has 0 saturated heterocycles. The van der Waals surface area contributed by atoms with Gasteiger partial charge in [0.1, 0.15) is 11.0 Å². The van der Waals surface area contributed by atoms with Crippen LogP contribution < -0.4 is 5.32 Å². The van der Waals surface area contributed by atoms with E-state index in [1.807, 2.05) is 23.3 Å². The Morgan fingerprint density at radius 2 is 2.33 bits per heavy atom. The van der Waals surface area contributed by atoms with E-state index in [1.165, 1.54) is 0 Å². The summed E-state index contributed by atoms with van der Waals surface area (Å²) in [4.78, 5) is 11.6. The minimum atomic E-state index is 0.114. The molecule has 0 unspecified atom stereocenters. The molecular weight excluding hydrogens is 230 g/mol. The molecule has 18 heavy (non-hydrogen) atoms. The first kappa shape index (κ1) is 11.3. The average Bonchev–Trinajstić information content (AvgIpc) is 2.94. The molecule has 2 heterocycles. The van der Waals surface area contributed by atoms with Gasteiger partial charge in [0.05, 0.1) is 18.4 Å². The van der Waals surface area contributed by atoms with Crippen LogP contribution in [0.4, 0.5) is 0 Å². The SMILES string of the molecule is Cc1nn(C)c2cnn(CCC(=O)NC3CC3)c12. The number of hydrogen-bond donors (Lipinski definition) is 1. The zero-order valence-electron chi connectivity index (χ0n) is 10.7. The molecule has 1 aliphatic rings. The van der Waals surface area contributed by atoms with Crippen LogP contribution in [-0.2, 0) is 18.4 Å². The Kier molecular flexibility index (Phi) is 2.57. The van der Waals surface area contributed by atoms with Gasteiger partial charge in [-0.15, -0.1) is 0 Å². The smallest absolute Gasteiger partial charge is 0.222 e. The van der Waals surface area contributed by atoms with Crippen molar-refractivity contribution >= 4 is 16.9 Å². The predicted molar refractivity (Wildman–Crippen MR) is 67.0 cm³/mol. The van der Waals surface area contributed by atoms with Crippen molar-refractivity contribution in [3.63, 3.8) is 0 Å². The quantitative estimate of drug-likeness (QED) is 0.867. The number of aryl methyl sites for hydroxylation is 3. The zero-order chi connectivity index (χ0) is 12.7. The Morgan fingerprint density at radius 1 is 1.56 bits per heavy atom. The number of fused-ring (bicyclic) bond motifs is 1. The van der Waals surface area contributed by atoms with Gasteiger partial charge in [0.2, 0.25) is 5.91 Å². The molecule has 1 aliphatic carbocycles. The van der Waals surface area contributed by atoms with E-state index in [4.69, 9.17) is 0 Å². The first-order valence-electron chi connectivity index (χ1n) is 6.29. The van der Waals surface area contributed by atoms with Gasteiger partial charge in [-0.1, -0.05) is 0 Å². The molecule has 2 aromatic heterocycles. The third-order valence-electron chi connectivity index (χ3n) is 3.30. The molecule has 0 atom stereocenters. The summed E-state index contributed by atoms with van der Waals surface area (Å²) in [5.41, 5.74) is 2.99. The van der Waals surface area contributed by atoms with Crippen LogP contribution in [-0.4, -0.2) is 31.5 Å². The second-order valence-corrected chi connectivity index (χ2v) is 4.90. The molecule has 2 aromatic rings. The Labute approximate surface area is 105 Å². The largest absolute Gasteiger partial charge is 0.353 e. The van der Waals surface area contributed by atoms with Crippen LogP contribution in [0.1, 0.15) is 25.0 Å². The Balaban J connectivity index is 1.72. The van der Waals surface area contributed by atoms with Crippen molar-refractivity contribution in [1.82, 2.24) is 24.9 Å². The van der Waals surface area contributed by atoms with Crippen molar-refractivity contribution in [2.45, 2.75) is 38.8 Å². The highest BCUT2D eigenvalue weighted by molar-refractivity contribution is 5.79. The molecular formula is C12H17N5O. The van der Waals surface area contributed by atoms with Crippen LogP contribution in [0.15, 0.2) is 6.20 Å². The third kappa shape index (κ3) is 1.98. The van der Waals surface area contributed by atoms with Crippen molar-refractivity contribution < 1.29 is 4.79 Å². The van der Waals surface area contributed by atoms with Crippen molar-refractivity contribution in [3.05, 3.63) is 11.9 Å². The van der Waals surface area contributed by atoms with Crippen LogP contribution in [0.3, 0.4) is 0 Å².